The lowest BCUT2D eigenvalue weighted by molar-refractivity contribution is -0.133. The van der Waals surface area contributed by atoms with Crippen LogP contribution in [0.5, 0.6) is 0 Å². The van der Waals surface area contributed by atoms with Crippen LogP contribution in [0.2, 0.25) is 0 Å². The lowest BCUT2D eigenvalue weighted by atomic mass is 10.1. The van der Waals surface area contributed by atoms with E-state index in [1.54, 1.807) is 12.1 Å². The topological polar surface area (TPSA) is 38.1 Å². The third-order valence-corrected chi connectivity index (χ3v) is 5.20. The highest BCUT2D eigenvalue weighted by atomic mass is 19.1. The van der Waals surface area contributed by atoms with Gasteiger partial charge in [-0.25, -0.2) is 4.39 Å². The maximum atomic E-state index is 13.4. The van der Waals surface area contributed by atoms with Crippen molar-refractivity contribution in [1.82, 2.24) is 14.7 Å². The highest BCUT2D eigenvalue weighted by Gasteiger charge is 2.47. The number of benzene rings is 1. The molecule has 5 heteroatoms. The second kappa shape index (κ2) is 6.04. The van der Waals surface area contributed by atoms with Crippen LogP contribution in [0.3, 0.4) is 0 Å². The van der Waals surface area contributed by atoms with E-state index in [-0.39, 0.29) is 29.6 Å². The van der Waals surface area contributed by atoms with Crippen molar-refractivity contribution in [3.63, 3.8) is 0 Å². The molecule has 1 aliphatic heterocycles. The molecule has 0 spiro atoms. The molecule has 1 saturated heterocycles. The van der Waals surface area contributed by atoms with E-state index in [1.807, 2.05) is 35.0 Å². The molecule has 126 valence electrons. The largest absolute Gasteiger partial charge is 0.338 e. The maximum absolute atomic E-state index is 13.4. The molecule has 24 heavy (non-hydrogen) atoms. The Morgan fingerprint density at radius 3 is 3.04 bits per heavy atom. The van der Waals surface area contributed by atoms with Crippen LogP contribution < -0.4 is 0 Å². The van der Waals surface area contributed by atoms with E-state index in [1.165, 1.54) is 6.07 Å². The molecule has 1 saturated carbocycles. The molecule has 0 bridgehead atoms. The zero-order chi connectivity index (χ0) is 16.7. The van der Waals surface area contributed by atoms with Gasteiger partial charge in [0.1, 0.15) is 5.82 Å². The second-order valence-electron chi connectivity index (χ2n) is 7.07. The molecule has 1 aromatic heterocycles. The number of rotatable bonds is 4. The number of aryl methyl sites for hydroxylation is 1. The first-order valence-electron chi connectivity index (χ1n) is 8.67. The number of nitrogens with zero attached hydrogens (tertiary/aromatic N) is 3. The SMILES string of the molecule is Cc1cnn(C[C@@H]2CCCN2C(=O)[C@@H]2C[C@@H]2c2cccc(F)c2)c1. The van der Waals surface area contributed by atoms with Crippen molar-refractivity contribution < 1.29 is 9.18 Å². The fourth-order valence-corrected chi connectivity index (χ4v) is 3.88. The van der Waals surface area contributed by atoms with E-state index in [0.717, 1.165) is 43.5 Å². The Hall–Kier alpha value is -2.17. The van der Waals surface area contributed by atoms with Crippen LogP contribution in [-0.4, -0.2) is 33.2 Å². The van der Waals surface area contributed by atoms with E-state index in [0.29, 0.717) is 0 Å². The molecule has 3 atom stereocenters. The van der Waals surface area contributed by atoms with E-state index in [4.69, 9.17) is 0 Å². The average molecular weight is 327 g/mol. The molecule has 1 aromatic carbocycles. The Kier molecular flexibility index (Phi) is 3.87. The van der Waals surface area contributed by atoms with E-state index >= 15 is 0 Å². The third kappa shape index (κ3) is 2.95. The summed E-state index contributed by atoms with van der Waals surface area (Å²) in [5, 5.41) is 4.34. The Morgan fingerprint density at radius 2 is 2.29 bits per heavy atom. The van der Waals surface area contributed by atoms with Crippen molar-refractivity contribution in [2.24, 2.45) is 5.92 Å². The molecule has 2 aliphatic rings. The van der Waals surface area contributed by atoms with Gasteiger partial charge < -0.3 is 4.90 Å². The minimum atomic E-state index is -0.223. The van der Waals surface area contributed by atoms with Gasteiger partial charge in [0.2, 0.25) is 5.91 Å². The molecule has 4 rings (SSSR count). The number of hydrogen-bond acceptors (Lipinski definition) is 2. The van der Waals surface area contributed by atoms with Gasteiger partial charge in [-0.1, -0.05) is 12.1 Å². The summed E-state index contributed by atoms with van der Waals surface area (Å²) in [5.74, 6) is 0.211. The smallest absolute Gasteiger partial charge is 0.226 e. The second-order valence-corrected chi connectivity index (χ2v) is 7.07. The van der Waals surface area contributed by atoms with Gasteiger partial charge in [0.05, 0.1) is 18.8 Å². The first-order chi connectivity index (χ1) is 11.6. The molecular weight excluding hydrogens is 305 g/mol. The summed E-state index contributed by atoms with van der Waals surface area (Å²) in [5.41, 5.74) is 2.09. The Balaban J connectivity index is 1.42. The zero-order valence-corrected chi connectivity index (χ0v) is 13.9. The molecule has 2 fully saturated rings. The average Bonchev–Trinajstić information content (AvgIpc) is 3.06. The van der Waals surface area contributed by atoms with Crippen molar-refractivity contribution in [2.45, 2.75) is 44.7 Å². The monoisotopic (exact) mass is 327 g/mol. The van der Waals surface area contributed by atoms with Gasteiger partial charge in [0, 0.05) is 18.7 Å². The van der Waals surface area contributed by atoms with Crippen LogP contribution in [-0.2, 0) is 11.3 Å². The number of hydrogen-bond donors (Lipinski definition) is 0. The molecule has 1 aliphatic carbocycles. The predicted molar refractivity (Wildman–Crippen MR) is 88.9 cm³/mol. The molecule has 0 radical (unpaired) electrons. The maximum Gasteiger partial charge on any atom is 0.226 e. The first kappa shape index (κ1) is 15.4. The number of halogens is 1. The molecule has 2 aromatic rings. The summed E-state index contributed by atoms with van der Waals surface area (Å²) in [6.45, 7) is 3.61. The van der Waals surface area contributed by atoms with Gasteiger partial charge in [-0.05, 0) is 55.4 Å². The zero-order valence-electron chi connectivity index (χ0n) is 13.9. The Labute approximate surface area is 141 Å². The van der Waals surface area contributed by atoms with E-state index in [9.17, 15) is 9.18 Å². The molecule has 2 heterocycles. The number of carbonyl (C=O) groups is 1. The number of carbonyl (C=O) groups excluding carboxylic acids is 1. The van der Waals surface area contributed by atoms with Crippen molar-refractivity contribution in [3.8, 4) is 0 Å². The van der Waals surface area contributed by atoms with Gasteiger partial charge in [0.15, 0.2) is 0 Å². The molecule has 1 amide bonds. The quantitative estimate of drug-likeness (QED) is 0.865. The van der Waals surface area contributed by atoms with E-state index < -0.39 is 0 Å². The minimum absolute atomic E-state index is 0.0201. The van der Waals surface area contributed by atoms with Crippen LogP contribution in [0.25, 0.3) is 0 Å². The summed E-state index contributed by atoms with van der Waals surface area (Å²) in [6.07, 6.45) is 6.79. The predicted octanol–water partition coefficient (Wildman–Crippen LogP) is 3.13. The lowest BCUT2D eigenvalue weighted by Crippen LogP contribution is -2.39. The van der Waals surface area contributed by atoms with Gasteiger partial charge in [-0.2, -0.15) is 5.10 Å². The van der Waals surface area contributed by atoms with Crippen LogP contribution in [0, 0.1) is 18.7 Å². The summed E-state index contributed by atoms with van der Waals surface area (Å²) >= 11 is 0. The highest BCUT2D eigenvalue weighted by Crippen LogP contribution is 2.49. The standard InChI is InChI=1S/C19H22FN3O/c1-13-10-21-22(11-13)12-16-6-3-7-23(16)19(24)18-9-17(18)14-4-2-5-15(20)8-14/h2,4-5,8,10-11,16-18H,3,6-7,9,12H2,1H3/t16-,17+,18+/m0/s1. The first-order valence-corrected chi connectivity index (χ1v) is 8.67. The Bertz CT molecular complexity index is 757. The van der Waals surface area contributed by atoms with Gasteiger partial charge >= 0.3 is 0 Å². The van der Waals surface area contributed by atoms with Crippen LogP contribution in [0.15, 0.2) is 36.7 Å². The molecular formula is C19H22FN3O. The third-order valence-electron chi connectivity index (χ3n) is 5.20. The van der Waals surface area contributed by atoms with Crippen molar-refractivity contribution in [2.75, 3.05) is 6.54 Å². The van der Waals surface area contributed by atoms with Crippen molar-refractivity contribution in [3.05, 3.63) is 53.6 Å². The lowest BCUT2D eigenvalue weighted by Gasteiger charge is -2.25. The Morgan fingerprint density at radius 1 is 1.42 bits per heavy atom. The van der Waals surface area contributed by atoms with Gasteiger partial charge in [0.25, 0.3) is 0 Å². The normalized spacial score (nSPS) is 25.9. The summed E-state index contributed by atoms with van der Waals surface area (Å²) in [6, 6.07) is 6.89. The molecule has 0 N–H and O–H groups in total. The fraction of sp³-hybridized carbons (Fsp3) is 0.474. The highest BCUT2D eigenvalue weighted by molar-refractivity contribution is 5.83. The van der Waals surface area contributed by atoms with Crippen LogP contribution >= 0.6 is 0 Å². The minimum Gasteiger partial charge on any atom is -0.338 e. The number of amides is 1. The van der Waals surface area contributed by atoms with Gasteiger partial charge in [-0.15, -0.1) is 0 Å². The van der Waals surface area contributed by atoms with Gasteiger partial charge in [-0.3, -0.25) is 9.48 Å². The van der Waals surface area contributed by atoms with Crippen molar-refractivity contribution in [1.29, 1.82) is 0 Å². The van der Waals surface area contributed by atoms with Crippen LogP contribution in [0.1, 0.15) is 36.3 Å². The fourth-order valence-electron chi connectivity index (χ4n) is 3.88. The number of likely N-dealkylation sites (tertiary alicyclic amines) is 1. The summed E-state index contributed by atoms with van der Waals surface area (Å²) in [4.78, 5) is 14.9. The summed E-state index contributed by atoms with van der Waals surface area (Å²) < 4.78 is 15.3. The van der Waals surface area contributed by atoms with Crippen molar-refractivity contribution >= 4 is 5.91 Å². The van der Waals surface area contributed by atoms with Crippen LogP contribution in [0.4, 0.5) is 4.39 Å². The number of aromatic nitrogens is 2. The molecule has 0 unspecified atom stereocenters. The summed E-state index contributed by atoms with van der Waals surface area (Å²) in [7, 11) is 0. The molecule has 4 nitrogen and oxygen atoms in total. The van der Waals surface area contributed by atoms with E-state index in [2.05, 4.69) is 5.10 Å².